The summed E-state index contributed by atoms with van der Waals surface area (Å²) >= 11 is 0. The molecule has 2 nitrogen and oxygen atoms in total. The molecule has 0 saturated heterocycles. The molecular formula is C12H20O2. The number of aliphatic hydroxyl groups excluding tert-OH is 1. The molecule has 2 N–H and O–H groups in total. The normalized spacial score (nSPS) is 34.9. The van der Waals surface area contributed by atoms with Gasteiger partial charge < -0.3 is 10.2 Å². The highest BCUT2D eigenvalue weighted by Gasteiger charge is 2.37. The van der Waals surface area contributed by atoms with Crippen molar-refractivity contribution in [3.63, 3.8) is 0 Å². The SMILES string of the molecule is C#CCCC(O)C1(O)CCC(C)CC1. The van der Waals surface area contributed by atoms with Crippen molar-refractivity contribution in [2.24, 2.45) is 5.92 Å². The van der Waals surface area contributed by atoms with E-state index in [0.717, 1.165) is 12.8 Å². The van der Waals surface area contributed by atoms with E-state index in [9.17, 15) is 10.2 Å². The van der Waals surface area contributed by atoms with Gasteiger partial charge in [-0.05, 0) is 38.0 Å². The molecule has 1 unspecified atom stereocenters. The van der Waals surface area contributed by atoms with Crippen LogP contribution in [0.15, 0.2) is 0 Å². The van der Waals surface area contributed by atoms with Gasteiger partial charge in [0, 0.05) is 6.42 Å². The molecule has 0 amide bonds. The van der Waals surface area contributed by atoms with Crippen LogP contribution >= 0.6 is 0 Å². The lowest BCUT2D eigenvalue weighted by molar-refractivity contribution is -0.105. The standard InChI is InChI=1S/C12H20O2/c1-3-4-5-11(13)12(14)8-6-10(2)7-9-12/h1,10-11,13-14H,4-9H2,2H3. The van der Waals surface area contributed by atoms with Crippen LogP contribution < -0.4 is 0 Å². The lowest BCUT2D eigenvalue weighted by Crippen LogP contribution is -2.45. The topological polar surface area (TPSA) is 40.5 Å². The number of rotatable bonds is 3. The fraction of sp³-hybridized carbons (Fsp3) is 0.833. The Morgan fingerprint density at radius 1 is 1.50 bits per heavy atom. The van der Waals surface area contributed by atoms with Crippen molar-refractivity contribution in [3.05, 3.63) is 0 Å². The van der Waals surface area contributed by atoms with E-state index in [0.29, 0.717) is 31.6 Å². The maximum absolute atomic E-state index is 10.2. The van der Waals surface area contributed by atoms with Crippen LogP contribution in [0, 0.1) is 18.3 Å². The largest absolute Gasteiger partial charge is 0.390 e. The summed E-state index contributed by atoms with van der Waals surface area (Å²) in [5.41, 5.74) is -0.872. The molecule has 80 valence electrons. The minimum Gasteiger partial charge on any atom is -0.390 e. The number of hydrogen-bond acceptors (Lipinski definition) is 2. The zero-order valence-corrected chi connectivity index (χ0v) is 8.87. The molecule has 1 fully saturated rings. The predicted molar refractivity (Wildman–Crippen MR) is 56.7 cm³/mol. The molecule has 0 heterocycles. The first-order valence-electron chi connectivity index (χ1n) is 5.42. The molecule has 2 heteroatoms. The monoisotopic (exact) mass is 196 g/mol. The summed E-state index contributed by atoms with van der Waals surface area (Å²) in [5, 5.41) is 20.0. The molecule has 0 bridgehead atoms. The van der Waals surface area contributed by atoms with Crippen LogP contribution in [0.25, 0.3) is 0 Å². The van der Waals surface area contributed by atoms with Crippen LogP contribution in [-0.2, 0) is 0 Å². The lowest BCUT2D eigenvalue weighted by Gasteiger charge is -2.38. The Bertz CT molecular complexity index is 209. The Labute approximate surface area is 86.3 Å². The third kappa shape index (κ3) is 2.73. The highest BCUT2D eigenvalue weighted by Crippen LogP contribution is 2.35. The van der Waals surface area contributed by atoms with Gasteiger partial charge in [0.2, 0.25) is 0 Å². The third-order valence-electron chi connectivity index (χ3n) is 3.32. The Hall–Kier alpha value is -0.520. The van der Waals surface area contributed by atoms with Gasteiger partial charge in [-0.15, -0.1) is 12.3 Å². The highest BCUT2D eigenvalue weighted by atomic mass is 16.3. The highest BCUT2D eigenvalue weighted by molar-refractivity contribution is 4.93. The fourth-order valence-corrected chi connectivity index (χ4v) is 2.08. The summed E-state index contributed by atoms with van der Waals surface area (Å²) in [5.74, 6) is 3.17. The Morgan fingerprint density at radius 3 is 2.57 bits per heavy atom. The van der Waals surface area contributed by atoms with Crippen LogP contribution in [0.3, 0.4) is 0 Å². The van der Waals surface area contributed by atoms with E-state index in [1.807, 2.05) is 0 Å². The van der Waals surface area contributed by atoms with E-state index in [2.05, 4.69) is 12.8 Å². The summed E-state index contributed by atoms with van der Waals surface area (Å²) in [6.45, 7) is 2.19. The van der Waals surface area contributed by atoms with Gasteiger partial charge in [-0.25, -0.2) is 0 Å². The van der Waals surface area contributed by atoms with E-state index in [-0.39, 0.29) is 0 Å². The van der Waals surface area contributed by atoms with Crippen LogP contribution in [0.5, 0.6) is 0 Å². The minimum atomic E-state index is -0.872. The van der Waals surface area contributed by atoms with Gasteiger partial charge >= 0.3 is 0 Å². The van der Waals surface area contributed by atoms with Gasteiger partial charge in [-0.1, -0.05) is 6.92 Å². The second-order valence-corrected chi connectivity index (χ2v) is 4.54. The average Bonchev–Trinajstić information content (AvgIpc) is 2.19. The van der Waals surface area contributed by atoms with Crippen molar-refractivity contribution < 1.29 is 10.2 Å². The third-order valence-corrected chi connectivity index (χ3v) is 3.32. The molecule has 0 aromatic rings. The molecule has 1 atom stereocenters. The van der Waals surface area contributed by atoms with Crippen molar-refractivity contribution in [1.82, 2.24) is 0 Å². The summed E-state index contributed by atoms with van der Waals surface area (Å²) in [7, 11) is 0. The molecule has 0 aromatic carbocycles. The number of hydrogen-bond donors (Lipinski definition) is 2. The molecule has 14 heavy (non-hydrogen) atoms. The van der Waals surface area contributed by atoms with Crippen LogP contribution in [0.1, 0.15) is 45.4 Å². The number of aliphatic hydroxyl groups is 2. The molecule has 0 spiro atoms. The molecule has 1 aliphatic carbocycles. The van der Waals surface area contributed by atoms with Crippen molar-refractivity contribution in [2.75, 3.05) is 0 Å². The fourth-order valence-electron chi connectivity index (χ4n) is 2.08. The Morgan fingerprint density at radius 2 is 2.07 bits per heavy atom. The van der Waals surface area contributed by atoms with E-state index < -0.39 is 11.7 Å². The van der Waals surface area contributed by atoms with E-state index >= 15 is 0 Å². The molecule has 1 saturated carbocycles. The number of terminal acetylenes is 1. The second kappa shape index (κ2) is 4.82. The van der Waals surface area contributed by atoms with E-state index in [4.69, 9.17) is 6.42 Å². The van der Waals surface area contributed by atoms with Crippen molar-refractivity contribution in [2.45, 2.75) is 57.2 Å². The lowest BCUT2D eigenvalue weighted by atomic mass is 9.75. The first-order valence-corrected chi connectivity index (χ1v) is 5.42. The zero-order chi connectivity index (χ0) is 10.6. The van der Waals surface area contributed by atoms with Crippen molar-refractivity contribution >= 4 is 0 Å². The summed E-state index contributed by atoms with van der Waals surface area (Å²) in [6, 6.07) is 0. The summed E-state index contributed by atoms with van der Waals surface area (Å²) in [6.07, 6.45) is 8.96. The van der Waals surface area contributed by atoms with E-state index in [1.165, 1.54) is 0 Å². The molecular weight excluding hydrogens is 176 g/mol. The van der Waals surface area contributed by atoms with Crippen LogP contribution in [0.4, 0.5) is 0 Å². The molecule has 1 rings (SSSR count). The Balaban J connectivity index is 2.44. The first-order chi connectivity index (χ1) is 6.58. The van der Waals surface area contributed by atoms with Gasteiger partial charge in [0.1, 0.15) is 0 Å². The maximum atomic E-state index is 10.2. The average molecular weight is 196 g/mol. The van der Waals surface area contributed by atoms with Gasteiger partial charge in [-0.2, -0.15) is 0 Å². The van der Waals surface area contributed by atoms with E-state index in [1.54, 1.807) is 0 Å². The molecule has 0 aliphatic heterocycles. The smallest absolute Gasteiger partial charge is 0.0906 e. The minimum absolute atomic E-state index is 0.515. The van der Waals surface area contributed by atoms with Crippen molar-refractivity contribution in [3.8, 4) is 12.3 Å². The summed E-state index contributed by atoms with van der Waals surface area (Å²) < 4.78 is 0. The zero-order valence-electron chi connectivity index (χ0n) is 8.87. The van der Waals surface area contributed by atoms with Crippen molar-refractivity contribution in [1.29, 1.82) is 0 Å². The molecule has 0 radical (unpaired) electrons. The van der Waals surface area contributed by atoms with Gasteiger partial charge in [-0.3, -0.25) is 0 Å². The van der Waals surface area contributed by atoms with Crippen LogP contribution in [-0.4, -0.2) is 21.9 Å². The predicted octanol–water partition coefficient (Wildman–Crippen LogP) is 1.70. The van der Waals surface area contributed by atoms with Crippen LogP contribution in [0.2, 0.25) is 0 Å². The summed E-state index contributed by atoms with van der Waals surface area (Å²) in [4.78, 5) is 0. The van der Waals surface area contributed by atoms with Gasteiger partial charge in [0.25, 0.3) is 0 Å². The van der Waals surface area contributed by atoms with Gasteiger partial charge in [0.05, 0.1) is 11.7 Å². The second-order valence-electron chi connectivity index (χ2n) is 4.54. The first kappa shape index (κ1) is 11.6. The molecule has 0 aromatic heterocycles. The molecule has 1 aliphatic rings. The quantitative estimate of drug-likeness (QED) is 0.674. The maximum Gasteiger partial charge on any atom is 0.0906 e. The Kier molecular flexibility index (Phi) is 3.97. The van der Waals surface area contributed by atoms with Gasteiger partial charge in [0.15, 0.2) is 0 Å².